The third-order valence-corrected chi connectivity index (χ3v) is 4.14. The Morgan fingerprint density at radius 2 is 1.70 bits per heavy atom. The van der Waals surface area contributed by atoms with Gasteiger partial charge in [0.2, 0.25) is 5.91 Å². The fourth-order valence-electron chi connectivity index (χ4n) is 2.48. The van der Waals surface area contributed by atoms with Crippen molar-refractivity contribution in [3.8, 4) is 0 Å². The van der Waals surface area contributed by atoms with Crippen LogP contribution in [-0.2, 0) is 17.8 Å². The Hall–Kier alpha value is -2.13. The molecule has 0 bridgehead atoms. The first kappa shape index (κ1) is 17.2. The molecule has 0 saturated heterocycles. The van der Waals surface area contributed by atoms with Crippen LogP contribution in [0.5, 0.6) is 0 Å². The molecule has 1 atom stereocenters. The maximum atomic E-state index is 12.2. The van der Waals surface area contributed by atoms with E-state index in [-0.39, 0.29) is 11.9 Å². The highest BCUT2D eigenvalue weighted by atomic mass is 16.2. The van der Waals surface area contributed by atoms with E-state index in [4.69, 9.17) is 0 Å². The van der Waals surface area contributed by atoms with Crippen LogP contribution < -0.4 is 5.32 Å². The normalized spacial score (nSPS) is 12.0. The Bertz CT molecular complexity index is 607. The van der Waals surface area contributed by atoms with E-state index in [1.807, 2.05) is 37.4 Å². The van der Waals surface area contributed by atoms with E-state index in [2.05, 4.69) is 43.4 Å². The van der Waals surface area contributed by atoms with Crippen LogP contribution in [0.4, 0.5) is 0 Å². The number of hydrogen-bond donors (Lipinski definition) is 1. The quantitative estimate of drug-likeness (QED) is 0.848. The van der Waals surface area contributed by atoms with Crippen molar-refractivity contribution in [1.82, 2.24) is 10.2 Å². The molecule has 0 aromatic heterocycles. The number of aryl methyl sites for hydroxylation is 1. The predicted molar refractivity (Wildman–Crippen MR) is 95.2 cm³/mol. The van der Waals surface area contributed by atoms with E-state index in [0.717, 1.165) is 12.0 Å². The zero-order valence-corrected chi connectivity index (χ0v) is 14.3. The molecule has 122 valence electrons. The zero-order valence-electron chi connectivity index (χ0n) is 14.3. The lowest BCUT2D eigenvalue weighted by molar-refractivity contribution is -0.129. The number of hydrogen-bond acceptors (Lipinski definition) is 2. The van der Waals surface area contributed by atoms with E-state index in [9.17, 15) is 4.79 Å². The van der Waals surface area contributed by atoms with Gasteiger partial charge in [-0.1, -0.05) is 61.5 Å². The fourth-order valence-corrected chi connectivity index (χ4v) is 2.48. The van der Waals surface area contributed by atoms with Gasteiger partial charge >= 0.3 is 0 Å². The topological polar surface area (TPSA) is 32.3 Å². The van der Waals surface area contributed by atoms with Gasteiger partial charge in [-0.2, -0.15) is 0 Å². The van der Waals surface area contributed by atoms with Gasteiger partial charge in [-0.05, 0) is 30.0 Å². The lowest BCUT2D eigenvalue weighted by atomic mass is 10.1. The minimum Gasteiger partial charge on any atom is -0.340 e. The summed E-state index contributed by atoms with van der Waals surface area (Å²) in [6, 6.07) is 18.8. The summed E-state index contributed by atoms with van der Waals surface area (Å²) in [4.78, 5) is 14.0. The van der Waals surface area contributed by atoms with Crippen LogP contribution in [0.3, 0.4) is 0 Å². The molecule has 0 spiro atoms. The number of rotatable bonds is 7. The molecule has 0 aliphatic carbocycles. The molecule has 23 heavy (non-hydrogen) atoms. The smallest absolute Gasteiger partial charge is 0.236 e. The average Bonchev–Trinajstić information content (AvgIpc) is 2.60. The average molecular weight is 310 g/mol. The molecule has 1 amide bonds. The number of likely N-dealkylation sites (N-methyl/N-ethyl adjacent to an activating group) is 1. The van der Waals surface area contributed by atoms with Gasteiger partial charge < -0.3 is 10.2 Å². The van der Waals surface area contributed by atoms with Crippen molar-refractivity contribution in [3.05, 3.63) is 71.3 Å². The molecule has 1 unspecified atom stereocenters. The highest BCUT2D eigenvalue weighted by Crippen LogP contribution is 2.13. The van der Waals surface area contributed by atoms with E-state index in [1.165, 1.54) is 11.1 Å². The Kier molecular flexibility index (Phi) is 6.36. The molecule has 3 heteroatoms. The highest BCUT2D eigenvalue weighted by Gasteiger charge is 2.11. The zero-order chi connectivity index (χ0) is 16.7. The molecule has 0 saturated carbocycles. The van der Waals surface area contributed by atoms with E-state index >= 15 is 0 Å². The minimum atomic E-state index is 0.103. The molecule has 2 aromatic carbocycles. The number of nitrogens with zero attached hydrogens (tertiary/aromatic N) is 1. The molecule has 1 N–H and O–H groups in total. The number of benzene rings is 2. The van der Waals surface area contributed by atoms with Crippen molar-refractivity contribution in [2.75, 3.05) is 13.6 Å². The lowest BCUT2D eigenvalue weighted by Crippen LogP contribution is -2.36. The van der Waals surface area contributed by atoms with Gasteiger partial charge in [0.15, 0.2) is 0 Å². The Morgan fingerprint density at radius 1 is 1.04 bits per heavy atom. The summed E-state index contributed by atoms with van der Waals surface area (Å²) < 4.78 is 0. The molecule has 2 aromatic rings. The summed E-state index contributed by atoms with van der Waals surface area (Å²) in [5.41, 5.74) is 3.69. The maximum absolute atomic E-state index is 12.2. The second kappa shape index (κ2) is 8.49. The third kappa shape index (κ3) is 5.22. The third-order valence-electron chi connectivity index (χ3n) is 4.14. The minimum absolute atomic E-state index is 0.103. The van der Waals surface area contributed by atoms with Crippen molar-refractivity contribution >= 4 is 5.91 Å². The van der Waals surface area contributed by atoms with Crippen molar-refractivity contribution in [2.45, 2.75) is 32.9 Å². The second-order valence-electron chi connectivity index (χ2n) is 5.93. The van der Waals surface area contributed by atoms with Crippen LogP contribution in [0.15, 0.2) is 54.6 Å². The van der Waals surface area contributed by atoms with Gasteiger partial charge in [0.1, 0.15) is 0 Å². The summed E-state index contributed by atoms with van der Waals surface area (Å²) in [6.07, 6.45) is 1.05. The van der Waals surface area contributed by atoms with Crippen LogP contribution in [0.1, 0.15) is 36.6 Å². The van der Waals surface area contributed by atoms with Gasteiger partial charge in [-0.15, -0.1) is 0 Å². The molecule has 0 fully saturated rings. The summed E-state index contributed by atoms with van der Waals surface area (Å²) in [5.74, 6) is 0.103. The van der Waals surface area contributed by atoms with Crippen molar-refractivity contribution in [2.24, 2.45) is 0 Å². The first-order valence-electron chi connectivity index (χ1n) is 8.20. The summed E-state index contributed by atoms with van der Waals surface area (Å²) in [7, 11) is 1.84. The van der Waals surface area contributed by atoms with Crippen LogP contribution in [0.25, 0.3) is 0 Å². The molecular weight excluding hydrogens is 284 g/mol. The number of nitrogens with one attached hydrogen (secondary N) is 1. The van der Waals surface area contributed by atoms with Crippen LogP contribution in [0, 0.1) is 0 Å². The highest BCUT2D eigenvalue weighted by molar-refractivity contribution is 5.78. The first-order chi connectivity index (χ1) is 11.1. The molecule has 0 aliphatic heterocycles. The predicted octanol–water partition coefficient (Wildman–Crippen LogP) is 3.56. The Balaban J connectivity index is 1.82. The maximum Gasteiger partial charge on any atom is 0.236 e. The van der Waals surface area contributed by atoms with E-state index in [0.29, 0.717) is 13.1 Å². The summed E-state index contributed by atoms with van der Waals surface area (Å²) in [5, 5.41) is 3.31. The largest absolute Gasteiger partial charge is 0.340 e. The number of carbonyl (C=O) groups is 1. The molecular formula is C20H26N2O. The van der Waals surface area contributed by atoms with Crippen molar-refractivity contribution in [1.29, 1.82) is 0 Å². The Labute approximate surface area is 139 Å². The molecule has 2 rings (SSSR count). The Morgan fingerprint density at radius 3 is 2.30 bits per heavy atom. The first-order valence-corrected chi connectivity index (χ1v) is 8.20. The number of carbonyl (C=O) groups excluding carboxylic acids is 1. The molecule has 0 radical (unpaired) electrons. The van der Waals surface area contributed by atoms with Gasteiger partial charge in [0.25, 0.3) is 0 Å². The van der Waals surface area contributed by atoms with Crippen LogP contribution >= 0.6 is 0 Å². The second-order valence-corrected chi connectivity index (χ2v) is 5.93. The monoisotopic (exact) mass is 310 g/mol. The van der Waals surface area contributed by atoms with Crippen molar-refractivity contribution < 1.29 is 4.79 Å². The number of amides is 1. The summed E-state index contributed by atoms with van der Waals surface area (Å²) in [6.45, 7) is 5.23. The lowest BCUT2D eigenvalue weighted by Gasteiger charge is -2.20. The van der Waals surface area contributed by atoms with E-state index < -0.39 is 0 Å². The van der Waals surface area contributed by atoms with E-state index in [1.54, 1.807) is 4.90 Å². The van der Waals surface area contributed by atoms with Crippen molar-refractivity contribution in [3.63, 3.8) is 0 Å². The summed E-state index contributed by atoms with van der Waals surface area (Å²) >= 11 is 0. The molecule has 0 heterocycles. The fraction of sp³-hybridized carbons (Fsp3) is 0.350. The van der Waals surface area contributed by atoms with Gasteiger partial charge in [0.05, 0.1) is 6.54 Å². The standard InChI is InChI=1S/C20H26N2O/c1-4-17-10-12-19(13-11-17)16(2)21-14-20(23)22(3)15-18-8-6-5-7-9-18/h5-13,16,21H,4,14-15H2,1-3H3. The van der Waals surface area contributed by atoms with Crippen LogP contribution in [-0.4, -0.2) is 24.4 Å². The van der Waals surface area contributed by atoms with Gasteiger partial charge in [-0.25, -0.2) is 0 Å². The van der Waals surface area contributed by atoms with Gasteiger partial charge in [-0.3, -0.25) is 4.79 Å². The molecule has 3 nitrogen and oxygen atoms in total. The van der Waals surface area contributed by atoms with Gasteiger partial charge in [0, 0.05) is 19.6 Å². The van der Waals surface area contributed by atoms with Crippen LogP contribution in [0.2, 0.25) is 0 Å². The molecule has 0 aliphatic rings. The SMILES string of the molecule is CCc1ccc(C(C)NCC(=O)N(C)Cc2ccccc2)cc1.